The van der Waals surface area contributed by atoms with E-state index in [4.69, 9.17) is 19.6 Å². The largest absolute Gasteiger partial charge is 0.454 e. The molecule has 1 aliphatic rings. The lowest BCUT2D eigenvalue weighted by molar-refractivity contribution is -0.115. The standard InChI is InChI=1S/C24H22N4O3/c1-14-19(12-22(29)26-18-9-10-20-21(11-18)31-13-30-20)16(3)28-24(25-14)23(15(2)27-28)17-7-5-4-6-8-17/h4-11H,12-13H2,1-3H3,(H,26,29). The van der Waals surface area contributed by atoms with E-state index in [1.807, 2.05) is 43.5 Å². The molecule has 0 aliphatic carbocycles. The maximum Gasteiger partial charge on any atom is 0.231 e. The number of nitrogens with zero attached hydrogens (tertiary/aromatic N) is 3. The molecule has 2 aromatic carbocycles. The van der Waals surface area contributed by atoms with Gasteiger partial charge in [-0.3, -0.25) is 4.79 Å². The van der Waals surface area contributed by atoms with E-state index in [2.05, 4.69) is 17.4 Å². The zero-order valence-corrected chi connectivity index (χ0v) is 17.6. The van der Waals surface area contributed by atoms with E-state index in [0.29, 0.717) is 17.2 Å². The monoisotopic (exact) mass is 414 g/mol. The molecule has 31 heavy (non-hydrogen) atoms. The first-order valence-corrected chi connectivity index (χ1v) is 10.1. The SMILES string of the molecule is Cc1nc2c(-c3ccccc3)c(C)nn2c(C)c1CC(=O)Nc1ccc2c(c1)OCO2. The number of fused-ring (bicyclic) bond motifs is 2. The fourth-order valence-electron chi connectivity index (χ4n) is 4.01. The first-order chi connectivity index (χ1) is 15.0. The van der Waals surface area contributed by atoms with Crippen molar-refractivity contribution in [2.24, 2.45) is 0 Å². The lowest BCUT2D eigenvalue weighted by Crippen LogP contribution is -2.17. The van der Waals surface area contributed by atoms with Gasteiger partial charge in [0.15, 0.2) is 17.1 Å². The molecule has 0 atom stereocenters. The van der Waals surface area contributed by atoms with Crippen molar-refractivity contribution >= 4 is 17.2 Å². The van der Waals surface area contributed by atoms with Crippen LogP contribution in [0.4, 0.5) is 5.69 Å². The molecule has 0 unspecified atom stereocenters. The zero-order valence-electron chi connectivity index (χ0n) is 17.6. The van der Waals surface area contributed by atoms with Crippen LogP contribution in [0.3, 0.4) is 0 Å². The topological polar surface area (TPSA) is 77.8 Å². The van der Waals surface area contributed by atoms with Gasteiger partial charge in [-0.2, -0.15) is 5.10 Å². The quantitative estimate of drug-likeness (QED) is 0.541. The maximum atomic E-state index is 12.8. The number of ether oxygens (including phenoxy) is 2. The minimum atomic E-state index is -0.127. The Labute approximate surface area is 179 Å². The van der Waals surface area contributed by atoms with E-state index in [1.165, 1.54) is 0 Å². The third-order valence-electron chi connectivity index (χ3n) is 5.56. The van der Waals surface area contributed by atoms with E-state index < -0.39 is 0 Å². The average Bonchev–Trinajstić information content (AvgIpc) is 3.35. The average molecular weight is 414 g/mol. The van der Waals surface area contributed by atoms with E-state index in [0.717, 1.165) is 39.4 Å². The summed E-state index contributed by atoms with van der Waals surface area (Å²) >= 11 is 0. The van der Waals surface area contributed by atoms with Crippen LogP contribution in [0.5, 0.6) is 11.5 Å². The van der Waals surface area contributed by atoms with Crippen LogP contribution in [0.1, 0.15) is 22.6 Å². The Morgan fingerprint density at radius 2 is 1.81 bits per heavy atom. The second kappa shape index (κ2) is 7.43. The number of aryl methyl sites for hydroxylation is 3. The number of rotatable bonds is 4. The van der Waals surface area contributed by atoms with Crippen LogP contribution in [0.2, 0.25) is 0 Å². The fraction of sp³-hybridized carbons (Fsp3) is 0.208. The van der Waals surface area contributed by atoms with Crippen LogP contribution in [0, 0.1) is 20.8 Å². The smallest absolute Gasteiger partial charge is 0.231 e. The summed E-state index contributed by atoms with van der Waals surface area (Å²) < 4.78 is 12.5. The van der Waals surface area contributed by atoms with Crippen molar-refractivity contribution < 1.29 is 14.3 Å². The van der Waals surface area contributed by atoms with Crippen molar-refractivity contribution in [2.45, 2.75) is 27.2 Å². The van der Waals surface area contributed by atoms with E-state index >= 15 is 0 Å². The van der Waals surface area contributed by atoms with Gasteiger partial charge in [-0.25, -0.2) is 9.50 Å². The Balaban J connectivity index is 1.46. The van der Waals surface area contributed by atoms with Crippen LogP contribution < -0.4 is 14.8 Å². The lowest BCUT2D eigenvalue weighted by atomic mass is 10.1. The van der Waals surface area contributed by atoms with Crippen molar-refractivity contribution in [3.63, 3.8) is 0 Å². The Morgan fingerprint density at radius 1 is 1.03 bits per heavy atom. The molecular formula is C24H22N4O3. The van der Waals surface area contributed by atoms with Crippen LogP contribution in [-0.2, 0) is 11.2 Å². The molecule has 1 amide bonds. The second-order valence-electron chi connectivity index (χ2n) is 7.62. The van der Waals surface area contributed by atoms with Gasteiger partial charge < -0.3 is 14.8 Å². The number of anilines is 1. The number of carbonyl (C=O) groups is 1. The molecule has 3 heterocycles. The first-order valence-electron chi connectivity index (χ1n) is 10.1. The summed E-state index contributed by atoms with van der Waals surface area (Å²) in [5, 5.41) is 7.65. The molecule has 0 saturated heterocycles. The molecule has 156 valence electrons. The van der Waals surface area contributed by atoms with E-state index in [-0.39, 0.29) is 19.1 Å². The number of nitrogens with one attached hydrogen (secondary N) is 1. The third-order valence-corrected chi connectivity index (χ3v) is 5.56. The Hall–Kier alpha value is -3.87. The van der Waals surface area contributed by atoms with Crippen LogP contribution in [0.25, 0.3) is 16.8 Å². The Morgan fingerprint density at radius 3 is 2.61 bits per heavy atom. The highest BCUT2D eigenvalue weighted by atomic mass is 16.7. The zero-order chi connectivity index (χ0) is 21.5. The van der Waals surface area contributed by atoms with Crippen molar-refractivity contribution in [3.8, 4) is 22.6 Å². The Kier molecular flexibility index (Phi) is 4.58. The fourth-order valence-corrected chi connectivity index (χ4v) is 4.01. The molecular weight excluding hydrogens is 392 g/mol. The van der Waals surface area contributed by atoms with E-state index in [1.54, 1.807) is 18.2 Å². The molecule has 0 radical (unpaired) electrons. The van der Waals surface area contributed by atoms with Crippen LogP contribution >= 0.6 is 0 Å². The maximum absolute atomic E-state index is 12.8. The van der Waals surface area contributed by atoms with Crippen LogP contribution in [-0.4, -0.2) is 27.3 Å². The number of benzene rings is 2. The minimum Gasteiger partial charge on any atom is -0.454 e. The predicted octanol–water partition coefficient (Wildman–Crippen LogP) is 4.23. The summed E-state index contributed by atoms with van der Waals surface area (Å²) in [6.45, 7) is 6.10. The van der Waals surface area contributed by atoms with Crippen LogP contribution in [0.15, 0.2) is 48.5 Å². The van der Waals surface area contributed by atoms with Gasteiger partial charge in [0.25, 0.3) is 0 Å². The normalized spacial score (nSPS) is 12.4. The summed E-state index contributed by atoms with van der Waals surface area (Å²) in [6.07, 6.45) is 0.203. The number of carbonyl (C=O) groups excluding carboxylic acids is 1. The Bertz CT molecular complexity index is 1310. The molecule has 0 fully saturated rings. The van der Waals surface area contributed by atoms with Gasteiger partial charge in [0.1, 0.15) is 0 Å². The molecule has 0 saturated carbocycles. The van der Waals surface area contributed by atoms with Crippen molar-refractivity contribution in [2.75, 3.05) is 12.1 Å². The van der Waals surface area contributed by atoms with Gasteiger partial charge in [-0.1, -0.05) is 30.3 Å². The van der Waals surface area contributed by atoms with Gasteiger partial charge in [0, 0.05) is 34.3 Å². The lowest BCUT2D eigenvalue weighted by Gasteiger charge is -2.12. The summed E-state index contributed by atoms with van der Waals surface area (Å²) in [4.78, 5) is 17.6. The molecule has 1 aliphatic heterocycles. The molecule has 0 bridgehead atoms. The summed E-state index contributed by atoms with van der Waals surface area (Å²) in [5.74, 6) is 1.19. The molecule has 4 aromatic rings. The van der Waals surface area contributed by atoms with Gasteiger partial charge in [0.05, 0.1) is 12.1 Å². The molecule has 0 spiro atoms. The highest BCUT2D eigenvalue weighted by Crippen LogP contribution is 2.34. The van der Waals surface area contributed by atoms with E-state index in [9.17, 15) is 4.79 Å². The summed E-state index contributed by atoms with van der Waals surface area (Å²) in [6, 6.07) is 15.5. The van der Waals surface area contributed by atoms with Gasteiger partial charge in [-0.05, 0) is 38.5 Å². The number of amides is 1. The van der Waals surface area contributed by atoms with Crippen molar-refractivity contribution in [3.05, 3.63) is 71.2 Å². The number of aromatic nitrogens is 3. The summed E-state index contributed by atoms with van der Waals surface area (Å²) in [7, 11) is 0. The van der Waals surface area contributed by atoms with Gasteiger partial charge in [0.2, 0.25) is 12.7 Å². The molecule has 7 nitrogen and oxygen atoms in total. The third kappa shape index (κ3) is 3.38. The first kappa shape index (κ1) is 19.1. The highest BCUT2D eigenvalue weighted by molar-refractivity contribution is 5.93. The number of hydrogen-bond acceptors (Lipinski definition) is 5. The van der Waals surface area contributed by atoms with Gasteiger partial charge >= 0.3 is 0 Å². The highest BCUT2D eigenvalue weighted by Gasteiger charge is 2.20. The molecule has 1 N–H and O–H groups in total. The molecule has 7 heteroatoms. The van der Waals surface area contributed by atoms with Gasteiger partial charge in [-0.15, -0.1) is 0 Å². The molecule has 5 rings (SSSR count). The van der Waals surface area contributed by atoms with Crippen molar-refractivity contribution in [1.82, 2.24) is 14.6 Å². The second-order valence-corrected chi connectivity index (χ2v) is 7.62. The predicted molar refractivity (Wildman–Crippen MR) is 118 cm³/mol. The minimum absolute atomic E-state index is 0.127. The van der Waals surface area contributed by atoms with Crippen molar-refractivity contribution in [1.29, 1.82) is 0 Å². The summed E-state index contributed by atoms with van der Waals surface area (Å²) in [5.41, 5.74) is 7.07. The molecule has 2 aromatic heterocycles. The number of hydrogen-bond donors (Lipinski definition) is 1.